The lowest BCUT2D eigenvalue weighted by atomic mass is 9.88. The minimum atomic E-state index is -6.04. The number of fused-ring (bicyclic) bond motifs is 1. The molecule has 3 aromatic carbocycles. The third kappa shape index (κ3) is 4.98. The molecule has 39 heavy (non-hydrogen) atoms. The fraction of sp³-hybridized carbons (Fsp3) is 0.286. The van der Waals surface area contributed by atoms with Crippen LogP contribution in [0, 0.1) is 0 Å². The summed E-state index contributed by atoms with van der Waals surface area (Å²) in [7, 11) is 1.41. The second kappa shape index (κ2) is 10.0. The summed E-state index contributed by atoms with van der Waals surface area (Å²) in [5.41, 5.74) is -5.93. The number of hydrogen-bond donors (Lipinski definition) is 1. The molecule has 0 amide bonds. The SMILES string of the molecule is COc1ccc2nc(Cc3ccccc3)n(-c3ccc(C(O)(C(F)(F)F)C(F)(F)F)cc3C(C)C)c(=O)c2c1. The maximum absolute atomic E-state index is 13.8. The maximum Gasteiger partial charge on any atom is 0.430 e. The first-order valence-electron chi connectivity index (χ1n) is 11.8. The Morgan fingerprint density at radius 3 is 2.13 bits per heavy atom. The van der Waals surface area contributed by atoms with Gasteiger partial charge >= 0.3 is 12.4 Å². The number of aromatic nitrogens is 2. The van der Waals surface area contributed by atoms with Gasteiger partial charge in [0.05, 0.1) is 23.7 Å². The lowest BCUT2D eigenvalue weighted by Gasteiger charge is -2.33. The standard InChI is InChI=1S/C28H24F6N2O3/c1-16(2)20-14-18(26(38,27(29,30)31)28(32,33)34)9-12-23(20)36-24(13-17-7-5-4-6-8-17)35-22-11-10-19(39-3)15-21(22)25(36)37/h4-12,14-16,38H,13H2,1-3H3. The Hall–Kier alpha value is -3.86. The van der Waals surface area contributed by atoms with Gasteiger partial charge in [0.1, 0.15) is 11.6 Å². The maximum atomic E-state index is 13.8. The number of aliphatic hydroxyl groups is 1. The van der Waals surface area contributed by atoms with E-state index in [0.29, 0.717) is 23.4 Å². The summed E-state index contributed by atoms with van der Waals surface area (Å²) in [4.78, 5) is 18.5. The van der Waals surface area contributed by atoms with Gasteiger partial charge in [-0.1, -0.05) is 50.2 Å². The molecule has 0 spiro atoms. The first kappa shape index (κ1) is 28.2. The van der Waals surface area contributed by atoms with E-state index in [1.807, 2.05) is 0 Å². The molecule has 0 unspecified atom stereocenters. The van der Waals surface area contributed by atoms with Crippen LogP contribution in [0.2, 0.25) is 0 Å². The minimum Gasteiger partial charge on any atom is -0.497 e. The van der Waals surface area contributed by atoms with Crippen molar-refractivity contribution in [3.8, 4) is 11.4 Å². The summed E-state index contributed by atoms with van der Waals surface area (Å²) in [6, 6.07) is 15.8. The van der Waals surface area contributed by atoms with Gasteiger partial charge in [-0.3, -0.25) is 9.36 Å². The molecular weight excluding hydrogens is 526 g/mol. The molecule has 0 fully saturated rings. The van der Waals surface area contributed by atoms with E-state index >= 15 is 0 Å². The van der Waals surface area contributed by atoms with Crippen molar-refractivity contribution in [1.82, 2.24) is 9.55 Å². The van der Waals surface area contributed by atoms with Crippen molar-refractivity contribution in [2.75, 3.05) is 7.11 Å². The highest BCUT2D eigenvalue weighted by atomic mass is 19.4. The first-order valence-corrected chi connectivity index (χ1v) is 11.8. The zero-order chi connectivity index (χ0) is 28.8. The van der Waals surface area contributed by atoms with Gasteiger partial charge in [0.2, 0.25) is 0 Å². The van der Waals surface area contributed by atoms with Crippen LogP contribution in [-0.4, -0.2) is 34.1 Å². The van der Waals surface area contributed by atoms with Crippen molar-refractivity contribution >= 4 is 10.9 Å². The number of rotatable bonds is 6. The van der Waals surface area contributed by atoms with Gasteiger partial charge in [-0.2, -0.15) is 26.3 Å². The van der Waals surface area contributed by atoms with Crippen molar-refractivity contribution in [2.24, 2.45) is 0 Å². The van der Waals surface area contributed by atoms with E-state index in [1.165, 1.54) is 17.7 Å². The second-order valence-electron chi connectivity index (χ2n) is 9.35. The molecule has 0 saturated carbocycles. The fourth-order valence-corrected chi connectivity index (χ4v) is 4.42. The first-order chi connectivity index (χ1) is 18.2. The van der Waals surface area contributed by atoms with Crippen LogP contribution in [0.4, 0.5) is 26.3 Å². The smallest absolute Gasteiger partial charge is 0.430 e. The van der Waals surface area contributed by atoms with Crippen molar-refractivity contribution in [3.63, 3.8) is 0 Å². The van der Waals surface area contributed by atoms with E-state index in [0.717, 1.165) is 11.6 Å². The predicted octanol–water partition coefficient (Wildman–Crippen LogP) is 6.42. The van der Waals surface area contributed by atoms with Gasteiger partial charge in [0.15, 0.2) is 0 Å². The summed E-state index contributed by atoms with van der Waals surface area (Å²) in [6.07, 6.45) is -11.9. The van der Waals surface area contributed by atoms with Gasteiger partial charge in [-0.15, -0.1) is 0 Å². The van der Waals surface area contributed by atoms with Crippen LogP contribution in [0.25, 0.3) is 16.6 Å². The molecule has 1 aromatic heterocycles. The Bertz CT molecular complexity index is 1550. The highest BCUT2D eigenvalue weighted by Crippen LogP contribution is 2.50. The zero-order valence-electron chi connectivity index (χ0n) is 21.1. The van der Waals surface area contributed by atoms with Crippen LogP contribution in [-0.2, 0) is 12.0 Å². The van der Waals surface area contributed by atoms with E-state index in [1.54, 1.807) is 56.3 Å². The van der Waals surface area contributed by atoms with Gasteiger partial charge in [0, 0.05) is 12.0 Å². The molecule has 4 rings (SSSR count). The number of halogens is 6. The van der Waals surface area contributed by atoms with Crippen LogP contribution < -0.4 is 10.3 Å². The Labute approximate surface area is 219 Å². The Morgan fingerprint density at radius 2 is 1.56 bits per heavy atom. The fourth-order valence-electron chi connectivity index (χ4n) is 4.42. The summed E-state index contributed by atoms with van der Waals surface area (Å²) in [5, 5.41) is 10.1. The monoisotopic (exact) mass is 550 g/mol. The van der Waals surface area contributed by atoms with Gasteiger partial charge in [0.25, 0.3) is 11.2 Å². The molecule has 0 atom stereocenters. The van der Waals surface area contributed by atoms with Crippen molar-refractivity contribution in [2.45, 2.75) is 44.1 Å². The van der Waals surface area contributed by atoms with Crippen LogP contribution in [0.1, 0.15) is 42.3 Å². The van der Waals surface area contributed by atoms with Gasteiger partial charge in [-0.25, -0.2) is 4.98 Å². The van der Waals surface area contributed by atoms with Crippen molar-refractivity contribution in [3.05, 3.63) is 99.6 Å². The minimum absolute atomic E-state index is 0.0140. The molecule has 5 nitrogen and oxygen atoms in total. The molecule has 1 N–H and O–H groups in total. The number of alkyl halides is 6. The summed E-state index contributed by atoms with van der Waals surface area (Å²) in [5.74, 6) is -0.0489. The number of hydrogen-bond acceptors (Lipinski definition) is 4. The average molecular weight is 550 g/mol. The predicted molar refractivity (Wildman–Crippen MR) is 133 cm³/mol. The van der Waals surface area contributed by atoms with Crippen LogP contribution in [0.15, 0.2) is 71.5 Å². The van der Waals surface area contributed by atoms with E-state index in [2.05, 4.69) is 4.98 Å². The average Bonchev–Trinajstić information content (AvgIpc) is 2.87. The molecule has 0 aliphatic rings. The molecule has 1 heterocycles. The summed E-state index contributed by atoms with van der Waals surface area (Å²) >= 11 is 0. The molecular formula is C28H24F6N2O3. The zero-order valence-corrected chi connectivity index (χ0v) is 21.1. The molecule has 0 aliphatic carbocycles. The van der Waals surface area contributed by atoms with E-state index < -0.39 is 35.0 Å². The molecule has 0 aliphatic heterocycles. The molecule has 0 bridgehead atoms. The summed E-state index contributed by atoms with van der Waals surface area (Å²) < 4.78 is 88.1. The lowest BCUT2D eigenvalue weighted by Crippen LogP contribution is -2.54. The Kier molecular flexibility index (Phi) is 7.24. The van der Waals surface area contributed by atoms with E-state index in [4.69, 9.17) is 4.74 Å². The second-order valence-corrected chi connectivity index (χ2v) is 9.35. The third-order valence-electron chi connectivity index (χ3n) is 6.48. The van der Waals surface area contributed by atoms with Gasteiger partial charge < -0.3 is 9.84 Å². The third-order valence-corrected chi connectivity index (χ3v) is 6.48. The highest BCUT2D eigenvalue weighted by Gasteiger charge is 2.71. The van der Waals surface area contributed by atoms with Crippen LogP contribution in [0.3, 0.4) is 0 Å². The molecule has 0 saturated heterocycles. The number of benzene rings is 3. The molecule has 0 radical (unpaired) electrons. The number of nitrogens with zero attached hydrogens (tertiary/aromatic N) is 2. The highest BCUT2D eigenvalue weighted by molar-refractivity contribution is 5.80. The molecule has 206 valence electrons. The lowest BCUT2D eigenvalue weighted by molar-refractivity contribution is -0.376. The quantitative estimate of drug-likeness (QED) is 0.282. The van der Waals surface area contributed by atoms with Crippen molar-refractivity contribution < 1.29 is 36.2 Å². The summed E-state index contributed by atoms with van der Waals surface area (Å²) in [6.45, 7) is 3.12. The normalized spacial score (nSPS) is 12.8. The number of methoxy groups -OCH3 is 1. The van der Waals surface area contributed by atoms with Gasteiger partial charge in [-0.05, 0) is 47.4 Å². The largest absolute Gasteiger partial charge is 0.497 e. The Balaban J connectivity index is 2.05. The molecule has 11 heteroatoms. The van der Waals surface area contributed by atoms with E-state index in [-0.39, 0.29) is 28.9 Å². The topological polar surface area (TPSA) is 64.3 Å². The van der Waals surface area contributed by atoms with Crippen LogP contribution in [0.5, 0.6) is 5.75 Å². The number of ether oxygens (including phenoxy) is 1. The van der Waals surface area contributed by atoms with Crippen molar-refractivity contribution in [1.29, 1.82) is 0 Å². The van der Waals surface area contributed by atoms with Crippen LogP contribution >= 0.6 is 0 Å². The molecule has 4 aromatic rings. The Morgan fingerprint density at radius 1 is 0.923 bits per heavy atom. The van der Waals surface area contributed by atoms with E-state index in [9.17, 15) is 36.2 Å².